The Kier molecular flexibility index (Phi) is 44.3. The van der Waals surface area contributed by atoms with E-state index in [2.05, 4.69) is 27.7 Å². The summed E-state index contributed by atoms with van der Waals surface area (Å²) in [5.41, 5.74) is -0.528. The molecule has 0 aromatic carbocycles. The third-order valence-electron chi connectivity index (χ3n) is 4.58. The molecule has 37 heavy (non-hydrogen) atoms. The molecule has 0 aliphatic rings. The Labute approximate surface area is 241 Å². The Morgan fingerprint density at radius 2 is 0.811 bits per heavy atom. The van der Waals surface area contributed by atoms with Crippen molar-refractivity contribution in [1.29, 1.82) is 0 Å². The van der Waals surface area contributed by atoms with Crippen molar-refractivity contribution in [2.45, 2.75) is 118 Å². The van der Waals surface area contributed by atoms with Crippen molar-refractivity contribution in [3.8, 4) is 0 Å². The topological polar surface area (TPSA) is 161 Å². The molecule has 0 rings (SSSR count). The molecule has 210 valence electrons. The molecular formula is C28H46O8Sn. The molecule has 8 nitrogen and oxygen atoms in total. The first kappa shape index (κ1) is 45.1. The van der Waals surface area contributed by atoms with Crippen molar-refractivity contribution in [1.82, 2.24) is 0 Å². The van der Waals surface area contributed by atoms with Crippen LogP contribution < -0.4 is 20.4 Å². The third-order valence-corrected chi connectivity index (χ3v) is 4.58. The van der Waals surface area contributed by atoms with Crippen LogP contribution >= 0.6 is 0 Å². The average Bonchev–Trinajstić information content (AvgIpc) is 2.82. The molecule has 0 aliphatic carbocycles. The summed E-state index contributed by atoms with van der Waals surface area (Å²) in [5.74, 6) is -5.96. The van der Waals surface area contributed by atoms with Crippen LogP contribution in [0, 0.1) is 13.8 Å². The molecule has 9 heteroatoms. The number of carbonyl (C=O) groups is 4. The van der Waals surface area contributed by atoms with Gasteiger partial charge in [0.05, 0.1) is 23.9 Å². The predicted octanol–water partition coefficient (Wildman–Crippen LogP) is 1.63. The van der Waals surface area contributed by atoms with Gasteiger partial charge in [-0.15, -0.1) is 0 Å². The Balaban J connectivity index is -0.000000123. The number of aliphatic carboxylic acids is 4. The maximum atomic E-state index is 10.00. The number of carbonyl (C=O) groups excluding carboxylic acids is 4. The minimum atomic E-state index is -1.51. The van der Waals surface area contributed by atoms with Crippen molar-refractivity contribution in [2.24, 2.45) is 0 Å². The first-order valence-corrected chi connectivity index (χ1v) is 12.8. The van der Waals surface area contributed by atoms with E-state index in [1.54, 1.807) is 0 Å². The molecule has 0 saturated carbocycles. The minimum absolute atomic E-state index is 0. The second kappa shape index (κ2) is 36.3. The summed E-state index contributed by atoms with van der Waals surface area (Å²) in [4.78, 5) is 39.6. The molecule has 0 saturated heterocycles. The molecule has 0 aromatic heterocycles. The van der Waals surface area contributed by atoms with E-state index in [9.17, 15) is 39.6 Å². The van der Waals surface area contributed by atoms with Gasteiger partial charge in [-0.25, -0.2) is 0 Å². The number of hydrogen-bond donors (Lipinski definition) is 0. The molecule has 0 bridgehead atoms. The summed E-state index contributed by atoms with van der Waals surface area (Å²) >= 11 is 0. The van der Waals surface area contributed by atoms with Crippen LogP contribution in [0.3, 0.4) is 0 Å². The van der Waals surface area contributed by atoms with Crippen LogP contribution in [0.25, 0.3) is 0 Å². The summed E-state index contributed by atoms with van der Waals surface area (Å²) in [6.45, 7) is 15.1. The molecular weight excluding hydrogens is 583 g/mol. The fourth-order valence-electron chi connectivity index (χ4n) is 2.46. The van der Waals surface area contributed by atoms with Crippen LogP contribution in [-0.2, 0) is 19.2 Å². The van der Waals surface area contributed by atoms with E-state index in [4.69, 9.17) is 0 Å². The van der Waals surface area contributed by atoms with E-state index in [1.807, 2.05) is 0 Å². The molecule has 0 heterocycles. The van der Waals surface area contributed by atoms with Crippen LogP contribution in [0.2, 0.25) is 0 Å². The first-order chi connectivity index (χ1) is 17.0. The van der Waals surface area contributed by atoms with E-state index in [1.165, 1.54) is 78.1 Å². The molecule has 0 fully saturated rings. The first-order valence-electron chi connectivity index (χ1n) is 12.8. The molecule has 0 atom stereocenters. The monoisotopic (exact) mass is 630 g/mol. The summed E-state index contributed by atoms with van der Waals surface area (Å²) in [5, 5.41) is 39.6. The number of carboxylic acid groups (broad SMARTS) is 4. The van der Waals surface area contributed by atoms with Crippen molar-refractivity contribution >= 4 is 47.8 Å². The quantitative estimate of drug-likeness (QED) is 0.142. The van der Waals surface area contributed by atoms with Gasteiger partial charge in [0, 0.05) is 0 Å². The second-order valence-corrected chi connectivity index (χ2v) is 7.79. The van der Waals surface area contributed by atoms with E-state index < -0.39 is 23.9 Å². The molecule has 2 radical (unpaired) electrons. The molecule has 0 N–H and O–H groups in total. The van der Waals surface area contributed by atoms with Gasteiger partial charge < -0.3 is 39.6 Å². The van der Waals surface area contributed by atoms with Gasteiger partial charge in [-0.1, -0.05) is 119 Å². The fourth-order valence-corrected chi connectivity index (χ4v) is 2.46. The van der Waals surface area contributed by atoms with Crippen LogP contribution in [-0.4, -0.2) is 47.8 Å². The van der Waals surface area contributed by atoms with Gasteiger partial charge in [-0.3, -0.25) is 0 Å². The van der Waals surface area contributed by atoms with E-state index in [0.29, 0.717) is 12.2 Å². The fraction of sp³-hybridized carbons (Fsp3) is 0.643. The van der Waals surface area contributed by atoms with Gasteiger partial charge >= 0.3 is 23.9 Å². The standard InChI is InChI=1S/2C8H17.2C6H8O4.Sn/c2*1-3-5-7-8-6-4-2;2*1-2-4(6(9)10)3-5(7)8;/h2*1,3-8H2,2H3;2*3H,2H2,1H3,(H,7,8)(H,9,10);/q;;;;+4/p-4/b;;4-3-;;. The van der Waals surface area contributed by atoms with E-state index >= 15 is 0 Å². The van der Waals surface area contributed by atoms with Gasteiger partial charge in [-0.2, -0.15) is 0 Å². The Morgan fingerprint density at radius 1 is 0.541 bits per heavy atom. The number of rotatable bonds is 16. The molecule has 0 amide bonds. The number of hydrogen-bond acceptors (Lipinski definition) is 8. The van der Waals surface area contributed by atoms with Gasteiger partial charge in [0.15, 0.2) is 0 Å². The summed E-state index contributed by atoms with van der Waals surface area (Å²) < 4.78 is 0. The van der Waals surface area contributed by atoms with Gasteiger partial charge in [-0.05, 0) is 36.1 Å². The summed E-state index contributed by atoms with van der Waals surface area (Å²) in [6, 6.07) is 0. The van der Waals surface area contributed by atoms with Crippen molar-refractivity contribution in [3.63, 3.8) is 0 Å². The molecule has 0 spiro atoms. The van der Waals surface area contributed by atoms with Crippen molar-refractivity contribution < 1.29 is 39.6 Å². The Hall–Kier alpha value is -1.84. The van der Waals surface area contributed by atoms with E-state index in [-0.39, 0.29) is 47.9 Å². The van der Waals surface area contributed by atoms with Crippen LogP contribution in [0.1, 0.15) is 118 Å². The smallest absolute Gasteiger partial charge is 0.545 e. The van der Waals surface area contributed by atoms with Gasteiger partial charge in [0.25, 0.3) is 0 Å². The zero-order valence-electron chi connectivity index (χ0n) is 23.2. The van der Waals surface area contributed by atoms with Gasteiger partial charge in [0.1, 0.15) is 0 Å². The Bertz CT molecular complexity index is 562. The average molecular weight is 629 g/mol. The Morgan fingerprint density at radius 3 is 0.946 bits per heavy atom. The maximum absolute atomic E-state index is 10.00. The third kappa shape index (κ3) is 44.6. The van der Waals surface area contributed by atoms with Gasteiger partial charge in [0.2, 0.25) is 0 Å². The zero-order chi connectivity index (χ0) is 28.8. The van der Waals surface area contributed by atoms with Crippen molar-refractivity contribution in [3.05, 3.63) is 37.1 Å². The normalized spacial score (nSPS) is 10.2. The number of unbranched alkanes of at least 4 members (excludes halogenated alkanes) is 10. The number of carboxylic acids is 4. The SMILES string of the molecule is CC/C(=C/C(=O)[O-])C(=O)[O-].CCC(=CC(=O)[O-])C(=O)[O-].[CH2]CCCCCCC.[CH2]CCCCCCC.[Sn+4]. The maximum Gasteiger partial charge on any atom is 4.00 e. The molecule has 0 unspecified atom stereocenters. The van der Waals surface area contributed by atoms with Crippen LogP contribution in [0.15, 0.2) is 23.3 Å². The largest absolute Gasteiger partial charge is 4.00 e. The van der Waals surface area contributed by atoms with Crippen LogP contribution in [0.5, 0.6) is 0 Å². The predicted molar refractivity (Wildman–Crippen MR) is 140 cm³/mol. The second-order valence-electron chi connectivity index (χ2n) is 7.79. The van der Waals surface area contributed by atoms with Crippen LogP contribution in [0.4, 0.5) is 0 Å². The summed E-state index contributed by atoms with van der Waals surface area (Å²) in [7, 11) is 0. The van der Waals surface area contributed by atoms with E-state index in [0.717, 1.165) is 12.8 Å². The summed E-state index contributed by atoms with van der Waals surface area (Å²) in [6.07, 6.45) is 17.2. The zero-order valence-corrected chi connectivity index (χ0v) is 26.1. The molecule has 0 aromatic rings. The van der Waals surface area contributed by atoms with Crippen molar-refractivity contribution in [2.75, 3.05) is 0 Å². The minimum Gasteiger partial charge on any atom is -0.545 e. The molecule has 0 aliphatic heterocycles.